The molecule has 0 bridgehead atoms. The number of hydrogen-bond donors (Lipinski definition) is 0. The summed E-state index contributed by atoms with van der Waals surface area (Å²) in [5.74, 6) is -0.0209. The first-order valence-electron chi connectivity index (χ1n) is 15.2. The third kappa shape index (κ3) is 7.00. The maximum absolute atomic E-state index is 12.5. The molecule has 5 rings (SSSR count). The number of aryl methyl sites for hydroxylation is 2. The van der Waals surface area contributed by atoms with E-state index in [1.165, 1.54) is 16.8 Å². The van der Waals surface area contributed by atoms with Crippen LogP contribution in [0.25, 0.3) is 33.4 Å². The number of carbonyl (C=O) groups is 1. The fraction of sp³-hybridized carbons (Fsp3) is 0.441. The topological polar surface area (TPSA) is 66.7 Å². The monoisotopic (exact) mass is 598 g/mol. The molecule has 1 fully saturated rings. The van der Waals surface area contributed by atoms with Crippen LogP contribution in [0, 0.1) is 13.8 Å². The number of hydrogen-bond acceptors (Lipinski definition) is 6. The Labute approximate surface area is 257 Å². The summed E-state index contributed by atoms with van der Waals surface area (Å²) in [6.07, 6.45) is 1.95. The predicted octanol–water partition coefficient (Wildman–Crippen LogP) is 6.15. The summed E-state index contributed by atoms with van der Waals surface area (Å²) in [5.41, 5.74) is 9.35. The molecule has 0 radical (unpaired) electrons. The number of pyridine rings is 1. The molecule has 0 saturated carbocycles. The standard InChI is InChI=1S/C34H46N6O2Si/c1-24-19-28(20-25(2)32(24)39-15-13-38(5)14-16-39)29-21-30-31(26-9-11-27(12-10-26)34(41)37(3)4)36-40(33(30)35-22-29)23-42-17-18-43(6,7)8/h9-12,19-22H,13-18,23H2,1-8H3. The second kappa shape index (κ2) is 12.6. The van der Waals surface area contributed by atoms with E-state index in [0.29, 0.717) is 18.9 Å². The lowest BCUT2D eigenvalue weighted by atomic mass is 9.97. The van der Waals surface area contributed by atoms with Crippen LogP contribution in [0.5, 0.6) is 0 Å². The first-order valence-corrected chi connectivity index (χ1v) is 18.9. The van der Waals surface area contributed by atoms with Crippen molar-refractivity contribution in [2.45, 2.75) is 46.3 Å². The second-order valence-corrected chi connectivity index (χ2v) is 18.9. The number of carbonyl (C=O) groups excluding carboxylic acids is 1. The van der Waals surface area contributed by atoms with Crippen molar-refractivity contribution in [1.29, 1.82) is 0 Å². The van der Waals surface area contributed by atoms with Gasteiger partial charge in [0, 0.05) is 88.9 Å². The summed E-state index contributed by atoms with van der Waals surface area (Å²) in [5, 5.41) is 5.96. The van der Waals surface area contributed by atoms with E-state index in [2.05, 4.69) is 68.5 Å². The zero-order chi connectivity index (χ0) is 30.9. The van der Waals surface area contributed by atoms with Crippen LogP contribution in [-0.2, 0) is 11.5 Å². The Morgan fingerprint density at radius 3 is 2.19 bits per heavy atom. The van der Waals surface area contributed by atoms with Gasteiger partial charge in [-0.25, -0.2) is 9.67 Å². The highest BCUT2D eigenvalue weighted by molar-refractivity contribution is 6.76. The van der Waals surface area contributed by atoms with E-state index in [-0.39, 0.29) is 5.91 Å². The zero-order valence-electron chi connectivity index (χ0n) is 27.1. The van der Waals surface area contributed by atoms with E-state index in [4.69, 9.17) is 14.8 Å². The molecule has 1 aliphatic rings. The van der Waals surface area contributed by atoms with E-state index in [0.717, 1.165) is 65.6 Å². The van der Waals surface area contributed by atoms with Gasteiger partial charge in [0.05, 0.1) is 0 Å². The summed E-state index contributed by atoms with van der Waals surface area (Å²) in [6, 6.07) is 15.6. The Hall–Kier alpha value is -3.53. The average Bonchev–Trinajstić information content (AvgIpc) is 3.33. The highest BCUT2D eigenvalue weighted by Gasteiger charge is 2.20. The number of aromatic nitrogens is 3. The first-order chi connectivity index (χ1) is 20.4. The van der Waals surface area contributed by atoms with Gasteiger partial charge in [-0.05, 0) is 74.0 Å². The molecule has 1 saturated heterocycles. The quantitative estimate of drug-likeness (QED) is 0.170. The maximum atomic E-state index is 12.5. The van der Waals surface area contributed by atoms with Gasteiger partial charge in [0.2, 0.25) is 0 Å². The molecule has 2 aromatic carbocycles. The van der Waals surface area contributed by atoms with Crippen LogP contribution >= 0.6 is 0 Å². The zero-order valence-corrected chi connectivity index (χ0v) is 28.1. The van der Waals surface area contributed by atoms with Crippen LogP contribution in [0.4, 0.5) is 5.69 Å². The van der Waals surface area contributed by atoms with Gasteiger partial charge in [0.1, 0.15) is 12.4 Å². The van der Waals surface area contributed by atoms with Gasteiger partial charge in [0.25, 0.3) is 5.91 Å². The van der Waals surface area contributed by atoms with E-state index < -0.39 is 8.07 Å². The van der Waals surface area contributed by atoms with Gasteiger partial charge in [0.15, 0.2) is 5.65 Å². The van der Waals surface area contributed by atoms with Crippen molar-refractivity contribution < 1.29 is 9.53 Å². The van der Waals surface area contributed by atoms with Crippen LogP contribution in [0.3, 0.4) is 0 Å². The summed E-state index contributed by atoms with van der Waals surface area (Å²) < 4.78 is 7.96. The van der Waals surface area contributed by atoms with Crippen LogP contribution in [0.2, 0.25) is 25.7 Å². The Kier molecular flexibility index (Phi) is 9.06. The number of fused-ring (bicyclic) bond motifs is 1. The number of piperazine rings is 1. The minimum Gasteiger partial charge on any atom is -0.369 e. The number of anilines is 1. The molecule has 8 nitrogen and oxygen atoms in total. The van der Waals surface area contributed by atoms with Gasteiger partial charge in [-0.1, -0.05) is 31.8 Å². The van der Waals surface area contributed by atoms with Crippen molar-refractivity contribution in [3.63, 3.8) is 0 Å². The molecule has 1 amide bonds. The predicted molar refractivity (Wildman–Crippen MR) is 180 cm³/mol. The smallest absolute Gasteiger partial charge is 0.253 e. The number of rotatable bonds is 9. The lowest BCUT2D eigenvalue weighted by Crippen LogP contribution is -2.45. The molecular formula is C34H46N6O2Si. The van der Waals surface area contributed by atoms with Crippen molar-refractivity contribution in [2.75, 3.05) is 58.8 Å². The third-order valence-corrected chi connectivity index (χ3v) is 9.96. The Bertz CT molecular complexity index is 1570. The number of ether oxygens (including phenoxy) is 1. The molecule has 3 heterocycles. The molecule has 2 aromatic heterocycles. The molecule has 4 aromatic rings. The SMILES string of the molecule is Cc1cc(-c2cnc3c(c2)c(-c2ccc(C(=O)N(C)C)cc2)nn3COCC[Si](C)(C)C)cc(C)c1N1CCN(C)CC1. The number of amides is 1. The van der Waals surface area contributed by atoms with Crippen LogP contribution in [0.15, 0.2) is 48.7 Å². The van der Waals surface area contributed by atoms with Gasteiger partial charge < -0.3 is 19.4 Å². The summed E-state index contributed by atoms with van der Waals surface area (Å²) >= 11 is 0. The van der Waals surface area contributed by atoms with Gasteiger partial charge in [-0.15, -0.1) is 0 Å². The van der Waals surface area contributed by atoms with E-state index in [1.54, 1.807) is 19.0 Å². The molecule has 228 valence electrons. The number of likely N-dealkylation sites (N-methyl/N-ethyl adjacent to an activating group) is 1. The second-order valence-electron chi connectivity index (χ2n) is 13.3. The fourth-order valence-electron chi connectivity index (χ4n) is 5.73. The van der Waals surface area contributed by atoms with Crippen molar-refractivity contribution >= 4 is 30.7 Å². The van der Waals surface area contributed by atoms with Crippen molar-refractivity contribution in [3.8, 4) is 22.4 Å². The minimum absolute atomic E-state index is 0.0209. The third-order valence-electron chi connectivity index (χ3n) is 8.25. The Morgan fingerprint density at radius 2 is 1.58 bits per heavy atom. The van der Waals surface area contributed by atoms with E-state index in [9.17, 15) is 4.79 Å². The van der Waals surface area contributed by atoms with E-state index in [1.807, 2.05) is 35.1 Å². The average molecular weight is 599 g/mol. The highest BCUT2D eigenvalue weighted by atomic mass is 28.3. The molecule has 0 spiro atoms. The van der Waals surface area contributed by atoms with Gasteiger partial charge in [-0.2, -0.15) is 5.10 Å². The van der Waals surface area contributed by atoms with Crippen molar-refractivity contribution in [3.05, 3.63) is 65.4 Å². The fourth-order valence-corrected chi connectivity index (χ4v) is 6.49. The summed E-state index contributed by atoms with van der Waals surface area (Å²) in [4.78, 5) is 23.9. The van der Waals surface area contributed by atoms with Gasteiger partial charge >= 0.3 is 0 Å². The number of nitrogens with zero attached hydrogens (tertiary/aromatic N) is 6. The lowest BCUT2D eigenvalue weighted by Gasteiger charge is -2.36. The summed E-state index contributed by atoms with van der Waals surface area (Å²) in [6.45, 7) is 16.8. The molecule has 0 unspecified atom stereocenters. The molecule has 0 atom stereocenters. The molecule has 0 aliphatic carbocycles. The van der Waals surface area contributed by atoms with Crippen LogP contribution in [0.1, 0.15) is 21.5 Å². The lowest BCUT2D eigenvalue weighted by molar-refractivity contribution is 0.0814. The molecular weight excluding hydrogens is 553 g/mol. The normalized spacial score (nSPS) is 14.5. The Morgan fingerprint density at radius 1 is 0.930 bits per heavy atom. The first kappa shape index (κ1) is 30.9. The van der Waals surface area contributed by atoms with E-state index >= 15 is 0 Å². The molecule has 1 aliphatic heterocycles. The highest BCUT2D eigenvalue weighted by Crippen LogP contribution is 2.35. The van der Waals surface area contributed by atoms with Crippen molar-refractivity contribution in [1.82, 2.24) is 24.6 Å². The molecule has 43 heavy (non-hydrogen) atoms. The van der Waals surface area contributed by atoms with Crippen molar-refractivity contribution in [2.24, 2.45) is 0 Å². The van der Waals surface area contributed by atoms with Crippen LogP contribution < -0.4 is 4.90 Å². The number of benzene rings is 2. The maximum Gasteiger partial charge on any atom is 0.253 e. The largest absolute Gasteiger partial charge is 0.369 e. The Balaban J connectivity index is 1.51. The minimum atomic E-state index is -1.20. The molecule has 0 N–H and O–H groups in total. The van der Waals surface area contributed by atoms with Gasteiger partial charge in [-0.3, -0.25) is 4.79 Å². The van der Waals surface area contributed by atoms with Crippen LogP contribution in [-0.4, -0.2) is 92.5 Å². The summed E-state index contributed by atoms with van der Waals surface area (Å²) in [7, 11) is 4.52. The molecule has 9 heteroatoms.